The number of amides is 1. The van der Waals surface area contributed by atoms with E-state index in [0.717, 1.165) is 12.8 Å². The lowest BCUT2D eigenvalue weighted by Gasteiger charge is -2.20. The summed E-state index contributed by atoms with van der Waals surface area (Å²) in [4.78, 5) is 23.7. The van der Waals surface area contributed by atoms with Gasteiger partial charge in [-0.15, -0.1) is 0 Å². The predicted octanol–water partition coefficient (Wildman–Crippen LogP) is 0.170. The Morgan fingerprint density at radius 3 is 2.67 bits per heavy atom. The van der Waals surface area contributed by atoms with Crippen LogP contribution in [0.2, 0.25) is 0 Å². The first-order valence-corrected chi connectivity index (χ1v) is 4.02. The van der Waals surface area contributed by atoms with Crippen LogP contribution in [0.1, 0.15) is 19.8 Å². The third kappa shape index (κ3) is 1.57. The van der Waals surface area contributed by atoms with E-state index in [4.69, 9.17) is 0 Å². The van der Waals surface area contributed by atoms with Crippen molar-refractivity contribution in [2.45, 2.75) is 25.8 Å². The van der Waals surface area contributed by atoms with Crippen LogP contribution in [0.25, 0.3) is 0 Å². The van der Waals surface area contributed by atoms with Gasteiger partial charge in [0.15, 0.2) is 0 Å². The predicted molar refractivity (Wildman–Crippen MR) is 42.4 cm³/mol. The van der Waals surface area contributed by atoms with E-state index in [1.807, 2.05) is 0 Å². The molecule has 0 bridgehead atoms. The summed E-state index contributed by atoms with van der Waals surface area (Å²) in [5.74, 6) is -0.356. The maximum absolute atomic E-state index is 11.1. The summed E-state index contributed by atoms with van der Waals surface area (Å²) in [7, 11) is 1.35. The van der Waals surface area contributed by atoms with Gasteiger partial charge >= 0.3 is 5.97 Å². The zero-order valence-electron chi connectivity index (χ0n) is 7.37. The molecule has 1 aliphatic heterocycles. The smallest absolute Gasteiger partial charge is 0.328 e. The number of carbonyl (C=O) groups is 2. The van der Waals surface area contributed by atoms with Crippen molar-refractivity contribution in [2.75, 3.05) is 13.7 Å². The second-order valence-electron chi connectivity index (χ2n) is 2.89. The fraction of sp³-hybridized carbons (Fsp3) is 0.750. The summed E-state index contributed by atoms with van der Waals surface area (Å²) in [5.41, 5.74) is 0. The van der Waals surface area contributed by atoms with Crippen LogP contribution >= 0.6 is 0 Å². The highest BCUT2D eigenvalue weighted by Gasteiger charge is 2.32. The highest BCUT2D eigenvalue weighted by Crippen LogP contribution is 2.17. The highest BCUT2D eigenvalue weighted by molar-refractivity contribution is 5.83. The van der Waals surface area contributed by atoms with Crippen molar-refractivity contribution in [1.29, 1.82) is 0 Å². The van der Waals surface area contributed by atoms with Crippen LogP contribution in [-0.2, 0) is 14.3 Å². The summed E-state index contributed by atoms with van der Waals surface area (Å²) in [6.45, 7) is 2.15. The molecule has 4 heteroatoms. The van der Waals surface area contributed by atoms with Crippen molar-refractivity contribution in [3.63, 3.8) is 0 Å². The number of rotatable bonds is 1. The van der Waals surface area contributed by atoms with Crippen molar-refractivity contribution in [3.05, 3.63) is 0 Å². The first kappa shape index (κ1) is 9.03. The maximum Gasteiger partial charge on any atom is 0.328 e. The highest BCUT2D eigenvalue weighted by atomic mass is 16.5. The minimum atomic E-state index is -0.340. The molecular weight excluding hydrogens is 158 g/mol. The molecule has 0 radical (unpaired) electrons. The van der Waals surface area contributed by atoms with Crippen LogP contribution in [0, 0.1) is 0 Å². The average molecular weight is 171 g/mol. The molecule has 1 rings (SSSR count). The second kappa shape index (κ2) is 3.56. The third-order valence-electron chi connectivity index (χ3n) is 2.13. The molecule has 0 aromatic rings. The summed E-state index contributed by atoms with van der Waals surface area (Å²) in [5, 5.41) is 0. The van der Waals surface area contributed by atoms with Crippen molar-refractivity contribution in [3.8, 4) is 0 Å². The van der Waals surface area contributed by atoms with Gasteiger partial charge in [0.1, 0.15) is 6.04 Å². The zero-order valence-corrected chi connectivity index (χ0v) is 7.37. The number of likely N-dealkylation sites (tertiary alicyclic amines) is 1. The maximum atomic E-state index is 11.1. The van der Waals surface area contributed by atoms with Crippen molar-refractivity contribution >= 4 is 11.9 Å². The second-order valence-corrected chi connectivity index (χ2v) is 2.89. The normalized spacial score (nSPS) is 22.5. The molecule has 1 fully saturated rings. The number of nitrogens with zero attached hydrogens (tertiary/aromatic N) is 1. The fourth-order valence-corrected chi connectivity index (χ4v) is 1.52. The largest absolute Gasteiger partial charge is 0.467 e. The Labute approximate surface area is 71.5 Å². The number of hydrogen-bond acceptors (Lipinski definition) is 3. The van der Waals surface area contributed by atoms with Gasteiger partial charge in [0, 0.05) is 13.5 Å². The van der Waals surface area contributed by atoms with Gasteiger partial charge in [-0.2, -0.15) is 0 Å². The fourth-order valence-electron chi connectivity index (χ4n) is 1.52. The minimum Gasteiger partial charge on any atom is -0.467 e. The Balaban J connectivity index is 2.63. The van der Waals surface area contributed by atoms with Gasteiger partial charge in [0.05, 0.1) is 7.11 Å². The van der Waals surface area contributed by atoms with Gasteiger partial charge in [0.25, 0.3) is 0 Å². The number of carbonyl (C=O) groups excluding carboxylic acids is 2. The van der Waals surface area contributed by atoms with E-state index in [0.29, 0.717) is 6.54 Å². The van der Waals surface area contributed by atoms with E-state index < -0.39 is 0 Å². The molecule has 0 aliphatic carbocycles. The van der Waals surface area contributed by atoms with Crippen LogP contribution in [0.4, 0.5) is 0 Å². The molecule has 1 saturated heterocycles. The number of esters is 1. The number of hydrogen-bond donors (Lipinski definition) is 0. The van der Waals surface area contributed by atoms with Gasteiger partial charge < -0.3 is 9.64 Å². The number of methoxy groups -OCH3 is 1. The molecule has 1 atom stereocenters. The Hall–Kier alpha value is -1.06. The Bertz CT molecular complexity index is 202. The molecule has 1 heterocycles. The van der Waals surface area contributed by atoms with Gasteiger partial charge in [-0.1, -0.05) is 0 Å². The lowest BCUT2D eigenvalue weighted by molar-refractivity contribution is -0.150. The number of ether oxygens (including phenoxy) is 1. The Kier molecular flexibility index (Phi) is 2.68. The van der Waals surface area contributed by atoms with Crippen LogP contribution < -0.4 is 0 Å². The standard InChI is InChI=1S/C8H13NO3/c1-6(10)9-5-3-4-7(9)8(11)12-2/h7H,3-5H2,1-2H3/t7-/m0/s1. The molecule has 1 aliphatic rings. The van der Waals surface area contributed by atoms with E-state index in [1.54, 1.807) is 4.90 Å². The molecule has 0 aromatic carbocycles. The molecule has 4 nitrogen and oxygen atoms in total. The topological polar surface area (TPSA) is 46.6 Å². The lowest BCUT2D eigenvalue weighted by atomic mass is 10.2. The Morgan fingerprint density at radius 2 is 2.17 bits per heavy atom. The van der Waals surface area contributed by atoms with Crippen LogP contribution in [0.3, 0.4) is 0 Å². The van der Waals surface area contributed by atoms with Gasteiger partial charge in [0.2, 0.25) is 5.91 Å². The monoisotopic (exact) mass is 171 g/mol. The van der Waals surface area contributed by atoms with E-state index in [-0.39, 0.29) is 17.9 Å². The van der Waals surface area contributed by atoms with Gasteiger partial charge in [-0.3, -0.25) is 4.79 Å². The zero-order chi connectivity index (χ0) is 9.14. The van der Waals surface area contributed by atoms with Crippen molar-refractivity contribution < 1.29 is 14.3 Å². The van der Waals surface area contributed by atoms with Gasteiger partial charge in [-0.25, -0.2) is 4.79 Å². The van der Waals surface area contributed by atoms with Crippen LogP contribution in [0.15, 0.2) is 0 Å². The molecule has 12 heavy (non-hydrogen) atoms. The summed E-state index contributed by atoms with van der Waals surface area (Å²) in [6.07, 6.45) is 1.62. The average Bonchev–Trinajstić information content (AvgIpc) is 2.50. The first-order valence-electron chi connectivity index (χ1n) is 4.02. The van der Waals surface area contributed by atoms with Crippen LogP contribution in [-0.4, -0.2) is 36.5 Å². The lowest BCUT2D eigenvalue weighted by Crippen LogP contribution is -2.39. The van der Waals surface area contributed by atoms with Crippen molar-refractivity contribution in [1.82, 2.24) is 4.90 Å². The molecule has 0 N–H and O–H groups in total. The molecule has 1 amide bonds. The third-order valence-corrected chi connectivity index (χ3v) is 2.13. The SMILES string of the molecule is COC(=O)[C@@H]1CCCN1C(C)=O. The molecule has 0 unspecified atom stereocenters. The first-order chi connectivity index (χ1) is 5.66. The van der Waals surface area contributed by atoms with Crippen LogP contribution in [0.5, 0.6) is 0 Å². The summed E-state index contributed by atoms with van der Waals surface area (Å²) in [6, 6.07) is -0.340. The van der Waals surface area contributed by atoms with Gasteiger partial charge in [-0.05, 0) is 12.8 Å². The molecule has 0 spiro atoms. The van der Waals surface area contributed by atoms with E-state index in [2.05, 4.69) is 4.74 Å². The van der Waals surface area contributed by atoms with Crippen molar-refractivity contribution in [2.24, 2.45) is 0 Å². The van der Waals surface area contributed by atoms with E-state index in [1.165, 1.54) is 14.0 Å². The molecule has 68 valence electrons. The van der Waals surface area contributed by atoms with E-state index in [9.17, 15) is 9.59 Å². The molecule has 0 saturated carbocycles. The van der Waals surface area contributed by atoms with E-state index >= 15 is 0 Å². The minimum absolute atomic E-state index is 0.0529. The summed E-state index contributed by atoms with van der Waals surface area (Å²) >= 11 is 0. The summed E-state index contributed by atoms with van der Waals surface area (Å²) < 4.78 is 4.58. The quantitative estimate of drug-likeness (QED) is 0.528. The molecular formula is C8H13NO3. The Morgan fingerprint density at radius 1 is 1.50 bits per heavy atom. The molecule has 0 aromatic heterocycles.